The maximum absolute atomic E-state index is 14.9. The molecule has 3 aliphatic heterocycles. The molecule has 0 radical (unpaired) electrons. The van der Waals surface area contributed by atoms with Gasteiger partial charge in [0.2, 0.25) is 45.5 Å². The van der Waals surface area contributed by atoms with E-state index in [1.54, 1.807) is 19.2 Å². The van der Waals surface area contributed by atoms with Crippen molar-refractivity contribution in [1.82, 2.24) is 51.3 Å². The number of methoxy groups -OCH3 is 1. The summed E-state index contributed by atoms with van der Waals surface area (Å²) in [5, 5.41) is 115. The molecule has 1 aromatic heterocycles. The molecule has 0 unspecified atom stereocenters. The Bertz CT molecular complexity index is 3340. The minimum Gasteiger partial charge on any atom is -0.691 e. The summed E-state index contributed by atoms with van der Waals surface area (Å²) in [6, 6.07) is 5.24. The van der Waals surface area contributed by atoms with Gasteiger partial charge in [0.05, 0.1) is 49.5 Å². The van der Waals surface area contributed by atoms with Crippen molar-refractivity contribution in [3.63, 3.8) is 0 Å². The molecule has 7 rings (SSSR count). The number of aromatic hydroxyl groups is 1. The summed E-state index contributed by atoms with van der Waals surface area (Å²) in [5.41, 5.74) is 1.42. The zero-order valence-electron chi connectivity index (χ0n) is 52.7. The Morgan fingerprint density at radius 3 is 2.04 bits per heavy atom. The molecule has 516 valence electrons. The number of rotatable bonds is 26. The average Bonchev–Trinajstić information content (AvgIpc) is 1.70. The number of carbonyl (C=O) groups is 7. The third-order valence-electron chi connectivity index (χ3n) is 15.9. The number of aliphatic hydroxyl groups is 6. The smallest absolute Gasteiger partial charge is 0.691 e. The van der Waals surface area contributed by atoms with Crippen LogP contribution in [-0.2, 0) is 59.3 Å². The van der Waals surface area contributed by atoms with Gasteiger partial charge in [-0.25, -0.2) is 13.1 Å². The first-order valence-corrected chi connectivity index (χ1v) is 33.6. The summed E-state index contributed by atoms with van der Waals surface area (Å²) in [6.45, 7) is 1.65. The molecule has 36 heteroatoms. The van der Waals surface area contributed by atoms with Gasteiger partial charge in [-0.1, -0.05) is 55.7 Å². The Balaban J connectivity index is 0.0000143. The fraction of sp³-hybridized carbons (Fsp3) is 0.542. The standard InChI is InChI=1S/C59H80N10O22S3.Na/c1-31-29-69-49(50(31)76)55(81)60-28-37(71)26-40(62-51(77)34-11-13-35(14-12-34)56-66-67-57(92-56)36-15-17-39(18-16-36)88-23-9-7-5-6-8-22-87-3)52(78)63-46(32(2)70)58(82)68-30-38(72)27-41(68)53(79)64-47(44(75)24-33-10-19-42(73)45(25-33)89-93-91-90-84)54(80)65-48(59(69)83)43(74)20-21-61-94(4,85)86;/h10-19,25,31-32,37-38,40-41,43-44,46-50,61,70-76,84H,5-9,20-24,26-30H2,1-4H3,(H,60,81)(H,62,77)(H,63,78)(H,64,79)(H,65,80);/q;+1/p-1/t31-,32+,37+,38+,40+,41+,43-,44-,46+,47+,48+,49+,50+;/m1./s1. The number of nitrogens with one attached hydrogen (secondary N) is 6. The van der Waals surface area contributed by atoms with E-state index >= 15 is 0 Å². The summed E-state index contributed by atoms with van der Waals surface area (Å²) in [4.78, 5) is 103. The van der Waals surface area contributed by atoms with Crippen LogP contribution in [0.15, 0.2) is 66.7 Å². The van der Waals surface area contributed by atoms with E-state index in [0.29, 0.717) is 27.9 Å². The van der Waals surface area contributed by atoms with Crippen molar-refractivity contribution in [2.45, 2.75) is 145 Å². The molecule has 4 aromatic rings. The van der Waals surface area contributed by atoms with Crippen LogP contribution in [0.2, 0.25) is 0 Å². The number of carbonyl (C=O) groups excluding carboxylic acids is 7. The molecule has 13 N–H and O–H groups in total. The van der Waals surface area contributed by atoms with Crippen molar-refractivity contribution in [2.24, 2.45) is 5.92 Å². The average molecular weight is 1400 g/mol. The fourth-order valence-electron chi connectivity index (χ4n) is 10.9. The molecule has 3 fully saturated rings. The van der Waals surface area contributed by atoms with Gasteiger partial charge in [0, 0.05) is 81.8 Å². The van der Waals surface area contributed by atoms with Crippen molar-refractivity contribution in [1.29, 1.82) is 0 Å². The molecular weight excluding hydrogens is 1320 g/mol. The van der Waals surface area contributed by atoms with E-state index < -0.39 is 188 Å². The second-order valence-corrected chi connectivity index (χ2v) is 26.4. The predicted molar refractivity (Wildman–Crippen MR) is 332 cm³/mol. The number of ether oxygens (including phenoxy) is 2. The van der Waals surface area contributed by atoms with Gasteiger partial charge in [0.25, 0.3) is 18.2 Å². The van der Waals surface area contributed by atoms with Crippen LogP contribution < -0.4 is 75.0 Å². The number of phenolic OH excluding ortho intramolecular Hbond substituents is 1. The third-order valence-corrected chi connectivity index (χ3v) is 18.0. The van der Waals surface area contributed by atoms with Crippen molar-refractivity contribution in [3.05, 3.63) is 77.9 Å². The van der Waals surface area contributed by atoms with Crippen LogP contribution in [0.4, 0.5) is 0 Å². The van der Waals surface area contributed by atoms with Gasteiger partial charge in [-0.05, 0) is 80.3 Å². The van der Waals surface area contributed by atoms with E-state index in [1.807, 2.05) is 24.3 Å². The predicted octanol–water partition coefficient (Wildman–Crippen LogP) is -5.39. The maximum atomic E-state index is 14.9. The number of hydrogen-bond acceptors (Lipinski definition) is 26. The minimum absolute atomic E-state index is 0. The molecule has 0 spiro atoms. The first-order chi connectivity index (χ1) is 44.8. The Morgan fingerprint density at radius 2 is 1.40 bits per heavy atom. The molecule has 32 nitrogen and oxygen atoms in total. The molecule has 13 atom stereocenters. The number of aromatic nitrogens is 2. The first-order valence-electron chi connectivity index (χ1n) is 30.2. The normalized spacial score (nSPS) is 24.3. The van der Waals surface area contributed by atoms with Crippen molar-refractivity contribution >= 4 is 75.0 Å². The minimum atomic E-state index is -3.91. The molecular formula is C59H79N10NaO22S3. The number of amides is 7. The Kier molecular flexibility index (Phi) is 30.2. The van der Waals surface area contributed by atoms with Crippen molar-refractivity contribution in [2.75, 3.05) is 52.8 Å². The first kappa shape index (κ1) is 77.8. The Labute approximate surface area is 577 Å². The quantitative estimate of drug-likeness (QED) is 0.00917. The fourth-order valence-corrected chi connectivity index (χ4v) is 12.5. The SMILES string of the molecule is COCCCCCCCOc1ccc(-c2nnc(-c3ccc(C(=O)N[C@H]4C[C@H](O)CNC(=O)[C@@H]5[C@@H](O)[C@H](C)CN5C(=O)[C@H]([C@H](O)CCNS(C)(=O)=O)NC(=O)[C@H]([C@H](O)Cc5ccc(O)c(OSOO[O-])c5)NC(=O)[C@@H]5C[C@H](O)CN5C(=O)[C@H]([C@H](C)O)NC4=O)cc3)s2)cc1.[Na+]. The van der Waals surface area contributed by atoms with Gasteiger partial charge in [-0.15, -0.1) is 14.5 Å². The number of aliphatic hydroxyl groups excluding tert-OH is 6. The van der Waals surface area contributed by atoms with Gasteiger partial charge in [0.1, 0.15) is 52.0 Å². The molecule has 3 aliphatic rings. The van der Waals surface area contributed by atoms with E-state index in [2.05, 4.69) is 50.9 Å². The number of phenols is 1. The maximum Gasteiger partial charge on any atom is 1.00 e. The summed E-state index contributed by atoms with van der Waals surface area (Å²) < 4.78 is 46.5. The van der Waals surface area contributed by atoms with Crippen LogP contribution in [0.1, 0.15) is 81.1 Å². The number of unbranched alkanes of at least 4 members (excludes halogenated alkanes) is 4. The second-order valence-electron chi connectivity index (χ2n) is 23.2. The summed E-state index contributed by atoms with van der Waals surface area (Å²) in [6.07, 6.45) is -7.18. The number of benzene rings is 3. The summed E-state index contributed by atoms with van der Waals surface area (Å²) in [5.74, 6) is -9.27. The second kappa shape index (κ2) is 36.9. The summed E-state index contributed by atoms with van der Waals surface area (Å²) in [7, 11) is -2.22. The van der Waals surface area contributed by atoms with Gasteiger partial charge < -0.3 is 91.0 Å². The van der Waals surface area contributed by atoms with E-state index in [1.165, 1.54) is 36.5 Å². The van der Waals surface area contributed by atoms with Gasteiger partial charge >= 0.3 is 29.6 Å². The molecule has 7 amide bonds. The van der Waals surface area contributed by atoms with Gasteiger partial charge in [0.15, 0.2) is 11.5 Å². The number of β-amino-alcohol motifs (C(OH)–C–C–N with tert-alkyl or cyclic N) is 1. The third kappa shape index (κ3) is 22.1. The van der Waals surface area contributed by atoms with Crippen LogP contribution in [0.25, 0.3) is 21.1 Å². The van der Waals surface area contributed by atoms with Gasteiger partial charge in [-0.2, -0.15) is 0 Å². The molecule has 3 aromatic carbocycles. The van der Waals surface area contributed by atoms with E-state index in [4.69, 9.17) is 13.7 Å². The molecule has 3 saturated heterocycles. The molecule has 95 heavy (non-hydrogen) atoms. The Hall–Kier alpha value is -6.23. The van der Waals surface area contributed by atoms with Crippen LogP contribution in [0, 0.1) is 5.92 Å². The number of nitrogens with zero attached hydrogens (tertiary/aromatic N) is 4. The van der Waals surface area contributed by atoms with Crippen LogP contribution in [-0.4, -0.2) is 231 Å². The zero-order valence-corrected chi connectivity index (χ0v) is 57.2. The van der Waals surface area contributed by atoms with E-state index in [0.717, 1.165) is 79.4 Å². The monoisotopic (exact) mass is 1400 g/mol. The van der Waals surface area contributed by atoms with Crippen molar-refractivity contribution < 1.29 is 136 Å². The van der Waals surface area contributed by atoms with Gasteiger partial charge in [-0.3, -0.25) is 38.6 Å². The topological polar surface area (TPSA) is 469 Å². The molecule has 0 bridgehead atoms. The Morgan fingerprint density at radius 1 is 0.779 bits per heavy atom. The summed E-state index contributed by atoms with van der Waals surface area (Å²) >= 11 is 1.27. The largest absolute Gasteiger partial charge is 1.00 e. The number of sulfonamides is 1. The molecule has 0 aliphatic carbocycles. The number of hydrogen-bond donors (Lipinski definition) is 13. The van der Waals surface area contributed by atoms with E-state index in [9.17, 15) is 83.0 Å². The van der Waals surface area contributed by atoms with E-state index in [-0.39, 0.29) is 58.8 Å². The van der Waals surface area contributed by atoms with Crippen LogP contribution in [0.5, 0.6) is 17.2 Å². The van der Waals surface area contributed by atoms with Crippen LogP contribution >= 0.6 is 23.7 Å². The van der Waals surface area contributed by atoms with Crippen molar-refractivity contribution in [3.8, 4) is 38.4 Å². The molecule has 4 heterocycles. The number of fused-ring (bicyclic) bond motifs is 2. The zero-order chi connectivity index (χ0) is 68.4. The van der Waals surface area contributed by atoms with Crippen LogP contribution in [0.3, 0.4) is 0 Å². The molecule has 0 saturated carbocycles.